The number of nitrogens with one attached hydrogen (secondary N) is 3. The summed E-state index contributed by atoms with van der Waals surface area (Å²) in [4.78, 5) is 34.4. The minimum atomic E-state index is -4.08. The number of hydrogen-bond acceptors (Lipinski definition) is 8. The number of pyridine rings is 1. The monoisotopic (exact) mass is 568 g/mol. The van der Waals surface area contributed by atoms with Crippen LogP contribution >= 0.6 is 0 Å². The number of anilines is 1. The topological polar surface area (TPSA) is 144 Å². The molecule has 0 saturated heterocycles. The van der Waals surface area contributed by atoms with Crippen LogP contribution in [0.15, 0.2) is 41.7 Å². The Morgan fingerprint density at radius 1 is 1.18 bits per heavy atom. The molecule has 3 N–H and O–H groups in total. The third kappa shape index (κ3) is 7.05. The summed E-state index contributed by atoms with van der Waals surface area (Å²) >= 11 is 0. The molecule has 11 nitrogen and oxygen atoms in total. The van der Waals surface area contributed by atoms with E-state index in [1.165, 1.54) is 5.56 Å². The van der Waals surface area contributed by atoms with Crippen molar-refractivity contribution >= 4 is 27.7 Å². The Morgan fingerprint density at radius 3 is 2.65 bits per heavy atom. The molecule has 1 aliphatic heterocycles. The average Bonchev–Trinajstić information content (AvgIpc) is 3.38. The van der Waals surface area contributed by atoms with Crippen LogP contribution in [0.25, 0.3) is 0 Å². The zero-order valence-corrected chi connectivity index (χ0v) is 24.1. The minimum Gasteiger partial charge on any atom is -0.465 e. The van der Waals surface area contributed by atoms with Crippen LogP contribution in [0.5, 0.6) is 0 Å². The van der Waals surface area contributed by atoms with Crippen molar-refractivity contribution < 1.29 is 22.7 Å². The normalized spacial score (nSPS) is 13.7. The first-order chi connectivity index (χ1) is 19.1. The number of hydrogen-bond donors (Lipinski definition) is 3. The van der Waals surface area contributed by atoms with Crippen molar-refractivity contribution in [2.45, 2.75) is 64.4 Å². The average molecular weight is 569 g/mol. The van der Waals surface area contributed by atoms with E-state index in [4.69, 9.17) is 9.72 Å². The summed E-state index contributed by atoms with van der Waals surface area (Å²) in [6.07, 6.45) is 5.96. The molecular weight excluding hydrogens is 532 g/mol. The van der Waals surface area contributed by atoms with E-state index in [0.717, 1.165) is 36.5 Å². The van der Waals surface area contributed by atoms with Crippen molar-refractivity contribution in [3.05, 3.63) is 70.4 Å². The highest BCUT2D eigenvalue weighted by Gasteiger charge is 2.29. The molecule has 4 rings (SSSR count). The molecule has 12 heteroatoms. The lowest BCUT2D eigenvalue weighted by molar-refractivity contribution is -0.144. The van der Waals surface area contributed by atoms with Crippen molar-refractivity contribution in [1.29, 1.82) is 0 Å². The number of fused-ring (bicyclic) bond motifs is 1. The molecule has 0 radical (unpaired) electrons. The number of aryl methyl sites for hydroxylation is 6. The van der Waals surface area contributed by atoms with E-state index in [2.05, 4.69) is 26.4 Å². The van der Waals surface area contributed by atoms with Gasteiger partial charge in [0, 0.05) is 37.9 Å². The summed E-state index contributed by atoms with van der Waals surface area (Å²) in [6.45, 7) is 8.16. The Hall–Kier alpha value is -3.77. The maximum absolute atomic E-state index is 13.2. The molecule has 214 valence electrons. The molecule has 3 heterocycles. The molecule has 0 bridgehead atoms. The van der Waals surface area contributed by atoms with Gasteiger partial charge in [-0.1, -0.05) is 23.8 Å². The van der Waals surface area contributed by atoms with Gasteiger partial charge in [-0.05, 0) is 63.3 Å². The van der Waals surface area contributed by atoms with Gasteiger partial charge in [0.1, 0.15) is 17.6 Å². The summed E-state index contributed by atoms with van der Waals surface area (Å²) in [5.74, 6) is -0.383. The van der Waals surface area contributed by atoms with E-state index in [9.17, 15) is 18.0 Å². The second-order valence-corrected chi connectivity index (χ2v) is 11.6. The number of nitrogens with zero attached hydrogens (tertiary/aromatic N) is 3. The fourth-order valence-corrected chi connectivity index (χ4v) is 6.53. The van der Waals surface area contributed by atoms with E-state index >= 15 is 0 Å². The zero-order valence-electron chi connectivity index (χ0n) is 23.3. The molecule has 1 amide bonds. The molecular formula is C28H36N6O5S. The number of amides is 1. The molecule has 1 aliphatic rings. The molecule has 0 saturated carbocycles. The first kappa shape index (κ1) is 29.2. The third-order valence-electron chi connectivity index (χ3n) is 6.65. The van der Waals surface area contributed by atoms with Gasteiger partial charge in [0.2, 0.25) is 10.0 Å². The van der Waals surface area contributed by atoms with Crippen molar-refractivity contribution in [3.63, 3.8) is 0 Å². The number of ether oxygens (including phenoxy) is 1. The van der Waals surface area contributed by atoms with Gasteiger partial charge in [-0.15, -0.1) is 0 Å². The highest BCUT2D eigenvalue weighted by molar-refractivity contribution is 7.89. The Bertz CT molecular complexity index is 1480. The Balaban J connectivity index is 1.39. The fraction of sp³-hybridized carbons (Fsp3) is 0.429. The standard InChI is InChI=1S/C28H36N6O5S/c1-5-39-28(36)23(33-40(37,38)25-19(3)13-18(2)14-20(25)4)15-30-27(35)24-16-34(17-31-24)12-10-22-9-8-21-7-6-11-29-26(21)32-22/h8-9,13-14,16-17,23,33H,5-7,10-12,15H2,1-4H3,(H,29,32)(H,30,35). The molecule has 3 aromatic rings. The predicted molar refractivity (Wildman–Crippen MR) is 151 cm³/mol. The summed E-state index contributed by atoms with van der Waals surface area (Å²) in [7, 11) is -4.08. The highest BCUT2D eigenvalue weighted by atomic mass is 32.2. The quantitative estimate of drug-likeness (QED) is 0.299. The maximum Gasteiger partial charge on any atom is 0.326 e. The maximum atomic E-state index is 13.2. The number of benzene rings is 1. The van der Waals surface area contributed by atoms with Gasteiger partial charge in [0.15, 0.2) is 0 Å². The van der Waals surface area contributed by atoms with Crippen LogP contribution in [0.3, 0.4) is 0 Å². The molecule has 40 heavy (non-hydrogen) atoms. The van der Waals surface area contributed by atoms with Crippen LogP contribution < -0.4 is 15.4 Å². The zero-order chi connectivity index (χ0) is 28.9. The van der Waals surface area contributed by atoms with Gasteiger partial charge in [-0.2, -0.15) is 4.72 Å². The van der Waals surface area contributed by atoms with Crippen LogP contribution in [0.1, 0.15) is 51.8 Å². The van der Waals surface area contributed by atoms with E-state index in [-0.39, 0.29) is 23.7 Å². The second-order valence-electron chi connectivity index (χ2n) is 9.95. The van der Waals surface area contributed by atoms with Crippen molar-refractivity contribution in [3.8, 4) is 0 Å². The van der Waals surface area contributed by atoms with Crippen LogP contribution in [0.4, 0.5) is 5.82 Å². The van der Waals surface area contributed by atoms with Crippen LogP contribution in [0, 0.1) is 20.8 Å². The molecule has 1 atom stereocenters. The number of aromatic nitrogens is 3. The minimum absolute atomic E-state index is 0.0626. The first-order valence-electron chi connectivity index (χ1n) is 13.4. The van der Waals surface area contributed by atoms with Gasteiger partial charge in [-0.25, -0.2) is 18.4 Å². The number of sulfonamides is 1. The number of carbonyl (C=O) groups excluding carboxylic acids is 2. The summed E-state index contributed by atoms with van der Waals surface area (Å²) in [5.41, 5.74) is 4.36. The fourth-order valence-electron chi connectivity index (χ4n) is 4.89. The molecule has 0 fully saturated rings. The van der Waals surface area contributed by atoms with E-state index < -0.39 is 27.9 Å². The van der Waals surface area contributed by atoms with Gasteiger partial charge in [-0.3, -0.25) is 9.59 Å². The predicted octanol–water partition coefficient (Wildman–Crippen LogP) is 2.44. The Kier molecular flexibility index (Phi) is 9.21. The Labute approximate surface area is 234 Å². The third-order valence-corrected chi connectivity index (χ3v) is 8.43. The van der Waals surface area contributed by atoms with E-state index in [1.54, 1.807) is 50.0 Å². The van der Waals surface area contributed by atoms with Crippen LogP contribution in [-0.2, 0) is 38.9 Å². The molecule has 0 aliphatic carbocycles. The SMILES string of the molecule is CCOC(=O)C(CNC(=O)c1cn(CCc2ccc3c(n2)NCCC3)cn1)NS(=O)(=O)c1c(C)cc(C)cc1C. The first-order valence-corrected chi connectivity index (χ1v) is 14.8. The number of esters is 1. The lowest BCUT2D eigenvalue weighted by Gasteiger charge is -2.19. The number of imidazole rings is 1. The summed E-state index contributed by atoms with van der Waals surface area (Å²) in [6, 6.07) is 6.33. The molecule has 1 aromatic carbocycles. The largest absolute Gasteiger partial charge is 0.465 e. The number of rotatable bonds is 11. The van der Waals surface area contributed by atoms with Crippen LogP contribution in [0.2, 0.25) is 0 Å². The molecule has 2 aromatic heterocycles. The van der Waals surface area contributed by atoms with Gasteiger partial charge < -0.3 is 19.9 Å². The lowest BCUT2D eigenvalue weighted by atomic mass is 10.1. The lowest BCUT2D eigenvalue weighted by Crippen LogP contribution is -2.49. The summed E-state index contributed by atoms with van der Waals surface area (Å²) in [5, 5.41) is 5.94. The van der Waals surface area contributed by atoms with Crippen molar-refractivity contribution in [2.24, 2.45) is 0 Å². The van der Waals surface area contributed by atoms with Crippen molar-refractivity contribution in [1.82, 2.24) is 24.6 Å². The van der Waals surface area contributed by atoms with Gasteiger partial charge in [0.25, 0.3) is 5.91 Å². The van der Waals surface area contributed by atoms with Gasteiger partial charge >= 0.3 is 5.97 Å². The molecule has 0 spiro atoms. The number of carbonyl (C=O) groups is 2. The van der Waals surface area contributed by atoms with Crippen LogP contribution in [-0.4, -0.2) is 60.6 Å². The highest BCUT2D eigenvalue weighted by Crippen LogP contribution is 2.22. The van der Waals surface area contributed by atoms with E-state index in [0.29, 0.717) is 24.1 Å². The van der Waals surface area contributed by atoms with Crippen molar-refractivity contribution in [2.75, 3.05) is 25.0 Å². The Morgan fingerprint density at radius 2 is 1.93 bits per heavy atom. The molecule has 1 unspecified atom stereocenters. The summed E-state index contributed by atoms with van der Waals surface area (Å²) < 4.78 is 35.7. The van der Waals surface area contributed by atoms with Gasteiger partial charge in [0.05, 0.1) is 17.8 Å². The second kappa shape index (κ2) is 12.6. The smallest absolute Gasteiger partial charge is 0.326 e. The van der Waals surface area contributed by atoms with E-state index in [1.807, 2.05) is 13.0 Å².